The lowest BCUT2D eigenvalue weighted by Gasteiger charge is -2.29. The number of fused-ring (bicyclic) bond motifs is 1. The number of hydrogen-bond acceptors (Lipinski definition) is 3. The highest BCUT2D eigenvalue weighted by Gasteiger charge is 2.25. The number of aryl methyl sites for hydroxylation is 1. The number of nitrogens with zero attached hydrogens (tertiary/aromatic N) is 1. The quantitative estimate of drug-likeness (QED) is 0.936. The van der Waals surface area contributed by atoms with Gasteiger partial charge in [0, 0.05) is 19.5 Å². The summed E-state index contributed by atoms with van der Waals surface area (Å²) in [6.45, 7) is 0.765. The van der Waals surface area contributed by atoms with Crippen molar-refractivity contribution in [3.8, 4) is 0 Å². The number of halogens is 1. The van der Waals surface area contributed by atoms with E-state index in [9.17, 15) is 14.0 Å². The van der Waals surface area contributed by atoms with E-state index in [1.165, 1.54) is 22.3 Å². The van der Waals surface area contributed by atoms with E-state index in [2.05, 4.69) is 5.32 Å². The molecular weight excluding hydrogens is 315 g/mol. The zero-order valence-electron chi connectivity index (χ0n) is 12.5. The molecule has 0 saturated carbocycles. The highest BCUT2D eigenvalue weighted by atomic mass is 32.1. The Kier molecular flexibility index (Phi) is 4.71. The zero-order chi connectivity index (χ0) is 16.2. The summed E-state index contributed by atoms with van der Waals surface area (Å²) in [7, 11) is 0. The van der Waals surface area contributed by atoms with Gasteiger partial charge < -0.3 is 10.2 Å². The smallest absolute Gasteiger partial charge is 0.261 e. The summed E-state index contributed by atoms with van der Waals surface area (Å²) in [5, 5.41) is 4.55. The molecule has 1 aromatic heterocycles. The lowest BCUT2D eigenvalue weighted by molar-refractivity contribution is -0.118. The summed E-state index contributed by atoms with van der Waals surface area (Å²) in [4.78, 5) is 26.3. The predicted octanol–water partition coefficient (Wildman–Crippen LogP) is 2.99. The third-order valence-electron chi connectivity index (χ3n) is 3.84. The molecule has 4 nitrogen and oxygen atoms in total. The number of rotatable bonds is 4. The summed E-state index contributed by atoms with van der Waals surface area (Å²) in [5.41, 5.74) is 1.26. The normalized spacial score (nSPS) is 13.5. The SMILES string of the molecule is O=C(NCCC(=O)N1CCCc2cccc(F)c21)c1cccs1. The first-order chi connectivity index (χ1) is 11.2. The average molecular weight is 332 g/mol. The molecule has 0 fully saturated rings. The Hall–Kier alpha value is -2.21. The van der Waals surface area contributed by atoms with Gasteiger partial charge in [0.1, 0.15) is 5.82 Å². The van der Waals surface area contributed by atoms with E-state index < -0.39 is 0 Å². The third-order valence-corrected chi connectivity index (χ3v) is 4.71. The Morgan fingerprint density at radius 3 is 2.91 bits per heavy atom. The van der Waals surface area contributed by atoms with Crippen LogP contribution in [0.3, 0.4) is 0 Å². The molecule has 120 valence electrons. The Morgan fingerprint density at radius 2 is 2.13 bits per heavy atom. The van der Waals surface area contributed by atoms with Crippen molar-refractivity contribution in [1.82, 2.24) is 5.32 Å². The van der Waals surface area contributed by atoms with Crippen molar-refractivity contribution >= 4 is 28.8 Å². The van der Waals surface area contributed by atoms with Crippen LogP contribution < -0.4 is 10.2 Å². The average Bonchev–Trinajstić information content (AvgIpc) is 3.09. The molecule has 3 rings (SSSR count). The molecule has 0 atom stereocenters. The molecule has 1 aromatic carbocycles. The van der Waals surface area contributed by atoms with Crippen molar-refractivity contribution in [2.45, 2.75) is 19.3 Å². The van der Waals surface area contributed by atoms with Crippen LogP contribution in [0.15, 0.2) is 35.7 Å². The van der Waals surface area contributed by atoms with Gasteiger partial charge in [0.2, 0.25) is 5.91 Å². The molecule has 1 N–H and O–H groups in total. The van der Waals surface area contributed by atoms with Crippen LogP contribution >= 0.6 is 11.3 Å². The van der Waals surface area contributed by atoms with Gasteiger partial charge in [0.05, 0.1) is 10.6 Å². The molecule has 0 unspecified atom stereocenters. The van der Waals surface area contributed by atoms with Crippen molar-refractivity contribution in [3.63, 3.8) is 0 Å². The zero-order valence-corrected chi connectivity index (χ0v) is 13.4. The van der Waals surface area contributed by atoms with Crippen molar-refractivity contribution in [2.75, 3.05) is 18.0 Å². The minimum Gasteiger partial charge on any atom is -0.351 e. The van der Waals surface area contributed by atoms with Gasteiger partial charge in [-0.3, -0.25) is 9.59 Å². The number of carbonyl (C=O) groups excluding carboxylic acids is 2. The van der Waals surface area contributed by atoms with Crippen molar-refractivity contribution < 1.29 is 14.0 Å². The minimum atomic E-state index is -0.363. The third kappa shape index (κ3) is 3.42. The Bertz CT molecular complexity index is 715. The molecule has 0 saturated heterocycles. The van der Waals surface area contributed by atoms with Gasteiger partial charge in [0.25, 0.3) is 5.91 Å². The lowest BCUT2D eigenvalue weighted by Crippen LogP contribution is -2.38. The minimum absolute atomic E-state index is 0.158. The number of anilines is 1. The predicted molar refractivity (Wildman–Crippen MR) is 88.3 cm³/mol. The number of para-hydroxylation sites is 1. The maximum Gasteiger partial charge on any atom is 0.261 e. The van der Waals surface area contributed by atoms with E-state index in [-0.39, 0.29) is 30.6 Å². The van der Waals surface area contributed by atoms with Crippen LogP contribution in [0, 0.1) is 5.82 Å². The largest absolute Gasteiger partial charge is 0.351 e. The van der Waals surface area contributed by atoms with E-state index in [0.29, 0.717) is 17.1 Å². The first-order valence-electron chi connectivity index (χ1n) is 7.56. The lowest BCUT2D eigenvalue weighted by atomic mass is 10.0. The Morgan fingerprint density at radius 1 is 1.26 bits per heavy atom. The number of hydrogen-bond donors (Lipinski definition) is 1. The number of nitrogens with one attached hydrogen (secondary N) is 1. The van der Waals surface area contributed by atoms with E-state index in [0.717, 1.165) is 18.4 Å². The second-order valence-corrected chi connectivity index (χ2v) is 6.33. The maximum absolute atomic E-state index is 14.1. The molecular formula is C17H17FN2O2S. The van der Waals surface area contributed by atoms with Crippen LogP contribution in [0.2, 0.25) is 0 Å². The first kappa shape index (κ1) is 15.7. The molecule has 23 heavy (non-hydrogen) atoms. The Labute approximate surface area is 137 Å². The summed E-state index contributed by atoms with van der Waals surface area (Å²) in [6, 6.07) is 8.44. The monoisotopic (exact) mass is 332 g/mol. The molecule has 2 aromatic rings. The number of carbonyl (C=O) groups is 2. The van der Waals surface area contributed by atoms with Gasteiger partial charge in [-0.25, -0.2) is 4.39 Å². The van der Waals surface area contributed by atoms with Gasteiger partial charge in [-0.15, -0.1) is 11.3 Å². The van der Waals surface area contributed by atoms with Crippen LogP contribution in [0.4, 0.5) is 10.1 Å². The molecule has 0 spiro atoms. The summed E-state index contributed by atoms with van der Waals surface area (Å²) in [5.74, 6) is -0.710. The van der Waals surface area contributed by atoms with Crippen LogP contribution in [-0.2, 0) is 11.2 Å². The number of amides is 2. The van der Waals surface area contributed by atoms with E-state index in [1.807, 2.05) is 11.4 Å². The fourth-order valence-electron chi connectivity index (χ4n) is 2.77. The first-order valence-corrected chi connectivity index (χ1v) is 8.44. The van der Waals surface area contributed by atoms with Gasteiger partial charge >= 0.3 is 0 Å². The standard InChI is InChI=1S/C17H17FN2O2S/c18-13-6-1-4-12-5-2-10-20(16(12)13)15(21)8-9-19-17(22)14-7-3-11-23-14/h1,3-4,6-7,11H,2,5,8-10H2,(H,19,22). The van der Waals surface area contributed by atoms with Gasteiger partial charge in [0.15, 0.2) is 0 Å². The summed E-state index contributed by atoms with van der Waals surface area (Å²) >= 11 is 1.35. The molecule has 0 radical (unpaired) electrons. The molecule has 6 heteroatoms. The molecule has 1 aliphatic rings. The molecule has 0 bridgehead atoms. The molecule has 2 heterocycles. The highest BCUT2D eigenvalue weighted by molar-refractivity contribution is 7.12. The second kappa shape index (κ2) is 6.91. The highest BCUT2D eigenvalue weighted by Crippen LogP contribution is 2.30. The second-order valence-electron chi connectivity index (χ2n) is 5.38. The number of thiophene rings is 1. The Balaban J connectivity index is 1.61. The van der Waals surface area contributed by atoms with Crippen LogP contribution in [-0.4, -0.2) is 24.9 Å². The van der Waals surface area contributed by atoms with Gasteiger partial charge in [-0.05, 0) is 35.9 Å². The van der Waals surface area contributed by atoms with Crippen LogP contribution in [0.5, 0.6) is 0 Å². The van der Waals surface area contributed by atoms with Gasteiger partial charge in [-0.1, -0.05) is 18.2 Å². The molecule has 2 amide bonds. The van der Waals surface area contributed by atoms with Crippen LogP contribution in [0.1, 0.15) is 28.1 Å². The van der Waals surface area contributed by atoms with E-state index in [4.69, 9.17) is 0 Å². The number of benzene rings is 1. The summed E-state index contributed by atoms with van der Waals surface area (Å²) in [6.07, 6.45) is 1.76. The fraction of sp³-hybridized carbons (Fsp3) is 0.294. The van der Waals surface area contributed by atoms with Crippen molar-refractivity contribution in [3.05, 3.63) is 52.0 Å². The summed E-state index contributed by atoms with van der Waals surface area (Å²) < 4.78 is 14.1. The topological polar surface area (TPSA) is 49.4 Å². The molecule has 0 aliphatic carbocycles. The van der Waals surface area contributed by atoms with Crippen molar-refractivity contribution in [1.29, 1.82) is 0 Å². The maximum atomic E-state index is 14.1. The molecule has 1 aliphatic heterocycles. The van der Waals surface area contributed by atoms with Crippen molar-refractivity contribution in [2.24, 2.45) is 0 Å². The van der Waals surface area contributed by atoms with Crippen LogP contribution in [0.25, 0.3) is 0 Å². The van der Waals surface area contributed by atoms with E-state index >= 15 is 0 Å². The fourth-order valence-corrected chi connectivity index (χ4v) is 3.41. The van der Waals surface area contributed by atoms with Gasteiger partial charge in [-0.2, -0.15) is 0 Å². The van der Waals surface area contributed by atoms with E-state index in [1.54, 1.807) is 18.2 Å².